The van der Waals surface area contributed by atoms with E-state index >= 15 is 0 Å². The van der Waals surface area contributed by atoms with E-state index in [-0.39, 0.29) is 30.1 Å². The van der Waals surface area contributed by atoms with Crippen molar-refractivity contribution in [3.63, 3.8) is 0 Å². The van der Waals surface area contributed by atoms with Gasteiger partial charge in [0, 0.05) is 12.5 Å². The molecule has 1 N–H and O–H groups in total. The number of alkyl halides is 2. The first-order chi connectivity index (χ1) is 13.0. The van der Waals surface area contributed by atoms with E-state index in [1.54, 1.807) is 6.08 Å². The number of ether oxygens (including phenoxy) is 3. The monoisotopic (exact) mass is 388 g/mol. The van der Waals surface area contributed by atoms with Gasteiger partial charge in [-0.2, -0.15) is 0 Å². The highest BCUT2D eigenvalue weighted by Crippen LogP contribution is 2.47. The highest BCUT2D eigenvalue weighted by atomic mass is 19.1. The van der Waals surface area contributed by atoms with Gasteiger partial charge < -0.3 is 19.3 Å². The van der Waals surface area contributed by atoms with Crippen LogP contribution in [-0.4, -0.2) is 48.8 Å². The van der Waals surface area contributed by atoms with Crippen molar-refractivity contribution in [2.24, 2.45) is 17.8 Å². The van der Waals surface area contributed by atoms with Gasteiger partial charge in [-0.1, -0.05) is 38.8 Å². The van der Waals surface area contributed by atoms with E-state index in [2.05, 4.69) is 6.92 Å². The molecule has 0 spiro atoms. The van der Waals surface area contributed by atoms with Crippen molar-refractivity contribution in [2.45, 2.75) is 95.9 Å². The molecule has 4 nitrogen and oxygen atoms in total. The third-order valence-corrected chi connectivity index (χ3v) is 6.25. The minimum Gasteiger partial charge on any atom is -0.366 e. The lowest BCUT2D eigenvalue weighted by atomic mass is 9.86. The summed E-state index contributed by atoms with van der Waals surface area (Å²) >= 11 is 0. The fraction of sp³-hybridized carbons (Fsp3) is 0.905. The Balaban J connectivity index is 1.67. The first-order valence-corrected chi connectivity index (χ1v) is 10.6. The van der Waals surface area contributed by atoms with Crippen molar-refractivity contribution in [3.8, 4) is 0 Å². The highest BCUT2D eigenvalue weighted by molar-refractivity contribution is 5.08. The molecular formula is C21H34F2O4. The Kier molecular flexibility index (Phi) is 7.65. The van der Waals surface area contributed by atoms with Crippen LogP contribution in [-0.2, 0) is 14.2 Å². The number of allylic oxidation sites excluding steroid dienone is 1. The van der Waals surface area contributed by atoms with Crippen molar-refractivity contribution in [1.29, 1.82) is 0 Å². The molecule has 2 heterocycles. The molecule has 2 aliphatic heterocycles. The average Bonchev–Trinajstić information content (AvgIpc) is 3.11. The van der Waals surface area contributed by atoms with E-state index in [1.165, 1.54) is 0 Å². The normalized spacial score (nSPS) is 41.7. The minimum absolute atomic E-state index is 0.0844. The van der Waals surface area contributed by atoms with Gasteiger partial charge >= 0.3 is 0 Å². The topological polar surface area (TPSA) is 47.9 Å². The van der Waals surface area contributed by atoms with Gasteiger partial charge in [0.25, 0.3) is 0 Å². The summed E-state index contributed by atoms with van der Waals surface area (Å²) in [6.45, 7) is 4.74. The maximum atomic E-state index is 14.8. The van der Waals surface area contributed by atoms with Crippen LogP contribution in [0.5, 0.6) is 0 Å². The summed E-state index contributed by atoms with van der Waals surface area (Å²) in [5.74, 6) is -0.229. The molecule has 4 unspecified atom stereocenters. The second kappa shape index (κ2) is 9.77. The van der Waals surface area contributed by atoms with Crippen LogP contribution in [0, 0.1) is 17.8 Å². The first kappa shape index (κ1) is 21.2. The molecule has 9 atom stereocenters. The standard InChI is InChI=1S/C21H34F2O4/c1-3-4-7-15(22)16(26-18-8-5-6-11-25-18)10-9-14-13(2)12-17-19(14)20(23)21(24)27-17/h9-10,13-21,24H,3-8,11-12H2,1-2H3/t13-,14+,15?,16?,17+,18?,19-,20+,21?/m0/s1. The van der Waals surface area contributed by atoms with E-state index in [1.807, 2.05) is 13.0 Å². The number of hydrogen-bond donors (Lipinski definition) is 1. The maximum absolute atomic E-state index is 14.8. The average molecular weight is 388 g/mol. The lowest BCUT2D eigenvalue weighted by Crippen LogP contribution is -2.33. The number of aliphatic hydroxyl groups excluding tert-OH is 1. The van der Waals surface area contributed by atoms with Crippen LogP contribution < -0.4 is 0 Å². The van der Waals surface area contributed by atoms with Crippen molar-refractivity contribution in [3.05, 3.63) is 12.2 Å². The van der Waals surface area contributed by atoms with Crippen molar-refractivity contribution in [1.82, 2.24) is 0 Å². The molecule has 0 aromatic rings. The Morgan fingerprint density at radius 1 is 1.33 bits per heavy atom. The molecule has 0 radical (unpaired) electrons. The summed E-state index contributed by atoms with van der Waals surface area (Å²) in [5.41, 5.74) is 0. The third kappa shape index (κ3) is 5.08. The lowest BCUT2D eigenvalue weighted by molar-refractivity contribution is -0.189. The molecule has 156 valence electrons. The molecule has 1 aliphatic carbocycles. The molecule has 0 amide bonds. The molecule has 3 fully saturated rings. The zero-order valence-corrected chi connectivity index (χ0v) is 16.4. The third-order valence-electron chi connectivity index (χ3n) is 6.25. The van der Waals surface area contributed by atoms with Gasteiger partial charge in [-0.3, -0.25) is 0 Å². The fourth-order valence-corrected chi connectivity index (χ4v) is 4.68. The molecule has 6 heteroatoms. The molecule has 0 aromatic carbocycles. The number of halogens is 2. The van der Waals surface area contributed by atoms with Crippen molar-refractivity contribution >= 4 is 0 Å². The van der Waals surface area contributed by atoms with Gasteiger partial charge in [0.15, 0.2) is 18.8 Å². The highest BCUT2D eigenvalue weighted by Gasteiger charge is 2.53. The SMILES string of the molecule is CCCCC(F)C(C=C[C@H]1[C@H]2[C@@H](C[C@@H]1C)OC(O)[C@@H]2F)OC1CCCCO1. The summed E-state index contributed by atoms with van der Waals surface area (Å²) in [5, 5.41) is 9.66. The summed E-state index contributed by atoms with van der Waals surface area (Å²) in [7, 11) is 0. The second-order valence-electron chi connectivity index (χ2n) is 8.32. The molecule has 27 heavy (non-hydrogen) atoms. The Hall–Kier alpha value is -0.560. The zero-order chi connectivity index (χ0) is 19.4. The molecule has 1 saturated carbocycles. The smallest absolute Gasteiger partial charge is 0.186 e. The number of rotatable bonds is 8. The largest absolute Gasteiger partial charge is 0.366 e. The van der Waals surface area contributed by atoms with E-state index in [0.29, 0.717) is 19.4 Å². The van der Waals surface area contributed by atoms with Crippen LogP contribution in [0.15, 0.2) is 12.2 Å². The van der Waals surface area contributed by atoms with Crippen LogP contribution in [0.1, 0.15) is 58.8 Å². The summed E-state index contributed by atoms with van der Waals surface area (Å²) in [4.78, 5) is 0. The van der Waals surface area contributed by atoms with Crippen LogP contribution in [0.2, 0.25) is 0 Å². The number of aliphatic hydroxyl groups is 1. The Labute approximate surface area is 161 Å². The quantitative estimate of drug-likeness (QED) is 0.630. The second-order valence-corrected chi connectivity index (χ2v) is 8.32. The molecule has 0 aromatic heterocycles. The van der Waals surface area contributed by atoms with Gasteiger partial charge in [0.2, 0.25) is 0 Å². The summed E-state index contributed by atoms with van der Waals surface area (Å²) < 4.78 is 46.1. The number of unbranched alkanes of at least 4 members (excludes halogenated alkanes) is 1. The lowest BCUT2D eigenvalue weighted by Gasteiger charge is -2.28. The van der Waals surface area contributed by atoms with Crippen LogP contribution in [0.25, 0.3) is 0 Å². The van der Waals surface area contributed by atoms with E-state index in [0.717, 1.165) is 32.1 Å². The first-order valence-electron chi connectivity index (χ1n) is 10.6. The zero-order valence-electron chi connectivity index (χ0n) is 16.4. The van der Waals surface area contributed by atoms with Crippen LogP contribution >= 0.6 is 0 Å². The number of fused-ring (bicyclic) bond motifs is 1. The van der Waals surface area contributed by atoms with E-state index in [4.69, 9.17) is 14.2 Å². The van der Waals surface area contributed by atoms with Crippen molar-refractivity contribution < 1.29 is 28.1 Å². The maximum Gasteiger partial charge on any atom is 0.186 e. The summed E-state index contributed by atoms with van der Waals surface area (Å²) in [6, 6.07) is 0. The van der Waals surface area contributed by atoms with Gasteiger partial charge in [0.1, 0.15) is 12.3 Å². The Bertz CT molecular complexity index is 483. The van der Waals surface area contributed by atoms with E-state index < -0.39 is 24.7 Å². The molecule has 2 saturated heterocycles. The van der Waals surface area contributed by atoms with Gasteiger partial charge in [-0.25, -0.2) is 8.78 Å². The van der Waals surface area contributed by atoms with Gasteiger partial charge in [-0.15, -0.1) is 0 Å². The minimum atomic E-state index is -1.39. The van der Waals surface area contributed by atoms with Gasteiger partial charge in [0.05, 0.1) is 6.10 Å². The van der Waals surface area contributed by atoms with E-state index in [9.17, 15) is 13.9 Å². The predicted octanol–water partition coefficient (Wildman–Crippen LogP) is 4.31. The molecule has 3 rings (SSSR count). The molecular weight excluding hydrogens is 354 g/mol. The van der Waals surface area contributed by atoms with Crippen molar-refractivity contribution in [2.75, 3.05) is 6.61 Å². The molecule has 3 aliphatic rings. The number of hydrogen-bond acceptors (Lipinski definition) is 4. The molecule has 0 bridgehead atoms. The van der Waals surface area contributed by atoms with Gasteiger partial charge in [-0.05, 0) is 43.9 Å². The van der Waals surface area contributed by atoms with Crippen LogP contribution in [0.3, 0.4) is 0 Å². The fourth-order valence-electron chi connectivity index (χ4n) is 4.68. The Morgan fingerprint density at radius 3 is 2.85 bits per heavy atom. The predicted molar refractivity (Wildman–Crippen MR) is 98.6 cm³/mol. The van der Waals surface area contributed by atoms with Crippen LogP contribution in [0.4, 0.5) is 8.78 Å². The Morgan fingerprint density at radius 2 is 2.15 bits per heavy atom. The summed E-state index contributed by atoms with van der Waals surface area (Å²) in [6.07, 6.45) is 4.21.